The number of piperazine rings is 1. The summed E-state index contributed by atoms with van der Waals surface area (Å²) in [6.45, 7) is 3.89. The van der Waals surface area contributed by atoms with Gasteiger partial charge in [0.05, 0.1) is 5.69 Å². The minimum Gasteiger partial charge on any atom is -0.325 e. The van der Waals surface area contributed by atoms with E-state index in [1.54, 1.807) is 19.1 Å². The van der Waals surface area contributed by atoms with Gasteiger partial charge < -0.3 is 9.80 Å². The molecule has 2 amide bonds. The molecule has 1 saturated heterocycles. The molecule has 0 N–H and O–H groups in total. The molecule has 4 nitrogen and oxygen atoms in total. The van der Waals surface area contributed by atoms with Gasteiger partial charge in [-0.15, -0.1) is 0 Å². The monoisotopic (exact) mass is 344 g/mol. The van der Waals surface area contributed by atoms with Crippen LogP contribution in [0.4, 0.5) is 14.5 Å². The van der Waals surface area contributed by atoms with E-state index in [2.05, 4.69) is 0 Å². The lowest BCUT2D eigenvalue weighted by atomic mass is 10.0. The van der Waals surface area contributed by atoms with Gasteiger partial charge in [0.1, 0.15) is 17.7 Å². The smallest absolute Gasteiger partial charge is 0.254 e. The first-order valence-electron chi connectivity index (χ1n) is 8.03. The first-order chi connectivity index (χ1) is 11.9. The van der Waals surface area contributed by atoms with Crippen molar-refractivity contribution < 1.29 is 18.4 Å². The van der Waals surface area contributed by atoms with Gasteiger partial charge in [-0.2, -0.15) is 0 Å². The Morgan fingerprint density at radius 2 is 1.84 bits per heavy atom. The van der Waals surface area contributed by atoms with Crippen LogP contribution in [0.2, 0.25) is 0 Å². The summed E-state index contributed by atoms with van der Waals surface area (Å²) >= 11 is 0. The minimum absolute atomic E-state index is 0.0289. The van der Waals surface area contributed by atoms with Crippen LogP contribution >= 0.6 is 0 Å². The average Bonchev–Trinajstić information content (AvgIpc) is 2.58. The van der Waals surface area contributed by atoms with Gasteiger partial charge in [-0.05, 0) is 37.6 Å². The Bertz CT molecular complexity index is 838. The zero-order valence-corrected chi connectivity index (χ0v) is 14.0. The molecule has 1 heterocycles. The molecule has 0 aromatic heterocycles. The molecule has 1 aliphatic heterocycles. The third-order valence-electron chi connectivity index (χ3n) is 4.49. The molecule has 1 atom stereocenters. The summed E-state index contributed by atoms with van der Waals surface area (Å²) in [4.78, 5) is 28.2. The lowest BCUT2D eigenvalue weighted by molar-refractivity contribution is -0.124. The summed E-state index contributed by atoms with van der Waals surface area (Å²) in [5.74, 6) is -2.11. The molecule has 0 radical (unpaired) electrons. The number of carbonyl (C=O) groups is 2. The van der Waals surface area contributed by atoms with Crippen molar-refractivity contribution in [3.63, 3.8) is 0 Å². The van der Waals surface area contributed by atoms with Gasteiger partial charge in [0.2, 0.25) is 5.91 Å². The van der Waals surface area contributed by atoms with Crippen LogP contribution < -0.4 is 4.90 Å². The summed E-state index contributed by atoms with van der Waals surface area (Å²) in [6.07, 6.45) is 0. The predicted molar refractivity (Wildman–Crippen MR) is 90.4 cm³/mol. The third-order valence-corrected chi connectivity index (χ3v) is 4.49. The number of aryl methyl sites for hydroxylation is 1. The zero-order chi connectivity index (χ0) is 18.1. The fourth-order valence-corrected chi connectivity index (χ4v) is 3.05. The second kappa shape index (κ2) is 6.63. The van der Waals surface area contributed by atoms with Crippen molar-refractivity contribution in [3.05, 3.63) is 65.2 Å². The third kappa shape index (κ3) is 3.12. The summed E-state index contributed by atoms with van der Waals surface area (Å²) in [5, 5.41) is 0. The van der Waals surface area contributed by atoms with Gasteiger partial charge >= 0.3 is 0 Å². The van der Waals surface area contributed by atoms with Crippen LogP contribution in [0.5, 0.6) is 0 Å². The second-order valence-corrected chi connectivity index (χ2v) is 6.08. The van der Waals surface area contributed by atoms with Crippen molar-refractivity contribution in [2.45, 2.75) is 19.9 Å². The van der Waals surface area contributed by atoms with Gasteiger partial charge in [0, 0.05) is 24.7 Å². The van der Waals surface area contributed by atoms with Gasteiger partial charge in [-0.25, -0.2) is 8.78 Å². The molecular weight excluding hydrogens is 326 g/mol. The van der Waals surface area contributed by atoms with Crippen LogP contribution in [0.15, 0.2) is 42.5 Å². The molecule has 0 spiro atoms. The second-order valence-electron chi connectivity index (χ2n) is 6.08. The van der Waals surface area contributed by atoms with Crippen molar-refractivity contribution in [2.75, 3.05) is 18.0 Å². The maximum atomic E-state index is 14.0. The molecule has 1 aliphatic rings. The van der Waals surface area contributed by atoms with E-state index in [1.807, 2.05) is 19.1 Å². The van der Waals surface area contributed by atoms with Crippen molar-refractivity contribution >= 4 is 17.5 Å². The molecule has 130 valence electrons. The molecule has 0 unspecified atom stereocenters. The maximum Gasteiger partial charge on any atom is 0.254 e. The van der Waals surface area contributed by atoms with E-state index >= 15 is 0 Å². The number of halogens is 2. The Kier molecular flexibility index (Phi) is 4.53. The number of hydrogen-bond acceptors (Lipinski definition) is 2. The van der Waals surface area contributed by atoms with Crippen LogP contribution in [0.1, 0.15) is 22.8 Å². The highest BCUT2D eigenvalue weighted by atomic mass is 19.1. The van der Waals surface area contributed by atoms with Crippen molar-refractivity contribution in [1.29, 1.82) is 0 Å². The van der Waals surface area contributed by atoms with Crippen molar-refractivity contribution in [3.8, 4) is 0 Å². The number of benzene rings is 2. The number of anilines is 1. The molecule has 2 aromatic rings. The van der Waals surface area contributed by atoms with E-state index in [9.17, 15) is 18.4 Å². The molecule has 6 heteroatoms. The van der Waals surface area contributed by atoms with E-state index in [4.69, 9.17) is 0 Å². The van der Waals surface area contributed by atoms with Crippen molar-refractivity contribution in [2.24, 2.45) is 0 Å². The molecule has 0 bridgehead atoms. The molecule has 3 rings (SSSR count). The minimum atomic E-state index is -0.792. The number of amides is 2. The number of nitrogens with zero attached hydrogens (tertiary/aromatic N) is 2. The van der Waals surface area contributed by atoms with Crippen molar-refractivity contribution in [1.82, 2.24) is 4.90 Å². The summed E-state index contributed by atoms with van der Waals surface area (Å²) in [5.41, 5.74) is 1.41. The summed E-state index contributed by atoms with van der Waals surface area (Å²) < 4.78 is 27.1. The van der Waals surface area contributed by atoms with Crippen LogP contribution in [-0.2, 0) is 4.79 Å². The Labute approximate surface area is 144 Å². The van der Waals surface area contributed by atoms with E-state index in [0.717, 1.165) is 17.7 Å². The highest BCUT2D eigenvalue weighted by Gasteiger charge is 2.36. The lowest BCUT2D eigenvalue weighted by Gasteiger charge is -2.39. The summed E-state index contributed by atoms with van der Waals surface area (Å²) in [6, 6.07) is 9.55. The van der Waals surface area contributed by atoms with Gasteiger partial charge in [0.15, 0.2) is 0 Å². The fourth-order valence-electron chi connectivity index (χ4n) is 3.05. The van der Waals surface area contributed by atoms with E-state index < -0.39 is 23.6 Å². The molecule has 1 fully saturated rings. The first kappa shape index (κ1) is 17.1. The highest BCUT2D eigenvalue weighted by Crippen LogP contribution is 2.25. The largest absolute Gasteiger partial charge is 0.325 e. The van der Waals surface area contributed by atoms with Crippen LogP contribution in [-0.4, -0.2) is 35.8 Å². The number of carbonyl (C=O) groups excluding carboxylic acids is 2. The van der Waals surface area contributed by atoms with Crippen LogP contribution in [0, 0.1) is 18.6 Å². The summed E-state index contributed by atoms with van der Waals surface area (Å²) in [7, 11) is 0. The van der Waals surface area contributed by atoms with Crippen LogP contribution in [0.25, 0.3) is 0 Å². The Morgan fingerprint density at radius 3 is 2.52 bits per heavy atom. The fraction of sp³-hybridized carbons (Fsp3) is 0.263. The molecule has 0 saturated carbocycles. The quantitative estimate of drug-likeness (QED) is 0.840. The average molecular weight is 344 g/mol. The maximum absolute atomic E-state index is 14.0. The molecular formula is C19H18F2N2O2. The SMILES string of the molecule is Cc1ccccc1C(=O)N1CCN(c2ccc(F)cc2F)C(=O)[C@@H]1C. The van der Waals surface area contributed by atoms with Crippen LogP contribution in [0.3, 0.4) is 0 Å². The predicted octanol–water partition coefficient (Wildman–Crippen LogP) is 3.15. The van der Waals surface area contributed by atoms with E-state index in [1.165, 1.54) is 15.9 Å². The number of rotatable bonds is 2. The molecule has 25 heavy (non-hydrogen) atoms. The topological polar surface area (TPSA) is 40.6 Å². The Hall–Kier alpha value is -2.76. The van der Waals surface area contributed by atoms with E-state index in [0.29, 0.717) is 5.56 Å². The molecule has 0 aliphatic carbocycles. The van der Waals surface area contributed by atoms with Gasteiger partial charge in [-0.3, -0.25) is 9.59 Å². The Balaban J connectivity index is 1.84. The number of hydrogen-bond donors (Lipinski definition) is 0. The first-order valence-corrected chi connectivity index (χ1v) is 8.03. The van der Waals surface area contributed by atoms with Gasteiger partial charge in [-0.1, -0.05) is 18.2 Å². The van der Waals surface area contributed by atoms with Gasteiger partial charge in [0.25, 0.3) is 5.91 Å². The standard InChI is InChI=1S/C19H18F2N2O2/c1-12-5-3-4-6-15(12)19(25)22-9-10-23(18(24)13(22)2)17-8-7-14(20)11-16(17)21/h3-8,11,13H,9-10H2,1-2H3/t13-/m0/s1. The lowest BCUT2D eigenvalue weighted by Crippen LogP contribution is -2.58. The van der Waals surface area contributed by atoms with E-state index in [-0.39, 0.29) is 24.7 Å². The normalized spacial score (nSPS) is 17.8. The zero-order valence-electron chi connectivity index (χ0n) is 14.0. The highest BCUT2D eigenvalue weighted by molar-refractivity contribution is 6.03. The Morgan fingerprint density at radius 1 is 1.12 bits per heavy atom. The molecule has 2 aromatic carbocycles.